The van der Waals surface area contributed by atoms with Gasteiger partial charge in [-0.1, -0.05) is 46.3 Å². The van der Waals surface area contributed by atoms with Crippen LogP contribution in [0.2, 0.25) is 0 Å². The van der Waals surface area contributed by atoms with E-state index in [2.05, 4.69) is 22.0 Å². The fourth-order valence-electron chi connectivity index (χ4n) is 2.78. The van der Waals surface area contributed by atoms with Crippen molar-refractivity contribution in [2.75, 3.05) is 6.61 Å². The second kappa shape index (κ2) is 6.00. The Hall–Kier alpha value is -1.65. The Labute approximate surface area is 132 Å². The molecule has 2 aromatic rings. The molecule has 1 aliphatic rings. The summed E-state index contributed by atoms with van der Waals surface area (Å²) in [6.07, 6.45) is 0.701. The highest BCUT2D eigenvalue weighted by molar-refractivity contribution is 9.10. The number of nitrogens with zero attached hydrogens (tertiary/aromatic N) is 1. The number of carbonyl (C=O) groups is 1. The predicted octanol–water partition coefficient (Wildman–Crippen LogP) is 3.01. The van der Waals surface area contributed by atoms with Gasteiger partial charge in [-0.15, -0.1) is 0 Å². The van der Waals surface area contributed by atoms with Crippen LogP contribution in [-0.2, 0) is 13.0 Å². The van der Waals surface area contributed by atoms with Crippen LogP contribution in [0.4, 0.5) is 0 Å². The summed E-state index contributed by atoms with van der Waals surface area (Å²) in [7, 11) is 0. The summed E-state index contributed by atoms with van der Waals surface area (Å²) in [4.78, 5) is 14.5. The molecular formula is C17H16BrNO2. The smallest absolute Gasteiger partial charge is 0.254 e. The van der Waals surface area contributed by atoms with Crippen molar-refractivity contribution >= 4 is 21.8 Å². The monoisotopic (exact) mass is 345 g/mol. The normalized spacial score (nSPS) is 17.4. The van der Waals surface area contributed by atoms with Crippen LogP contribution in [0, 0.1) is 0 Å². The van der Waals surface area contributed by atoms with E-state index < -0.39 is 0 Å². The zero-order chi connectivity index (χ0) is 14.8. The van der Waals surface area contributed by atoms with Crippen LogP contribution in [0.25, 0.3) is 0 Å². The molecule has 1 amide bonds. The minimum Gasteiger partial charge on any atom is -0.394 e. The lowest BCUT2D eigenvalue weighted by Crippen LogP contribution is -2.46. The number of benzene rings is 2. The molecular weight excluding hydrogens is 330 g/mol. The molecule has 1 heterocycles. The van der Waals surface area contributed by atoms with Crippen molar-refractivity contribution in [1.29, 1.82) is 0 Å². The van der Waals surface area contributed by atoms with Crippen molar-refractivity contribution < 1.29 is 9.90 Å². The summed E-state index contributed by atoms with van der Waals surface area (Å²) >= 11 is 3.39. The Balaban J connectivity index is 1.92. The highest BCUT2D eigenvalue weighted by atomic mass is 79.9. The van der Waals surface area contributed by atoms with Crippen LogP contribution in [0.5, 0.6) is 0 Å². The molecule has 0 spiro atoms. The Kier molecular flexibility index (Phi) is 4.08. The highest BCUT2D eigenvalue weighted by Crippen LogP contribution is 2.25. The van der Waals surface area contributed by atoms with Crippen molar-refractivity contribution in [3.8, 4) is 0 Å². The minimum absolute atomic E-state index is 0.0198. The van der Waals surface area contributed by atoms with Gasteiger partial charge in [-0.25, -0.2) is 0 Å². The maximum atomic E-state index is 12.7. The van der Waals surface area contributed by atoms with Gasteiger partial charge in [0.05, 0.1) is 12.6 Å². The summed E-state index contributed by atoms with van der Waals surface area (Å²) in [6.45, 7) is 0.529. The van der Waals surface area contributed by atoms with Crippen molar-refractivity contribution in [3.63, 3.8) is 0 Å². The molecule has 0 bridgehead atoms. The zero-order valence-electron chi connectivity index (χ0n) is 11.5. The number of aliphatic hydroxyl groups excluding tert-OH is 1. The maximum absolute atomic E-state index is 12.7. The topological polar surface area (TPSA) is 40.5 Å². The average molecular weight is 346 g/mol. The van der Waals surface area contributed by atoms with Crippen molar-refractivity contribution in [3.05, 3.63) is 69.7 Å². The molecule has 0 saturated heterocycles. The Morgan fingerprint density at radius 1 is 1.19 bits per heavy atom. The van der Waals surface area contributed by atoms with Crippen LogP contribution < -0.4 is 0 Å². The van der Waals surface area contributed by atoms with Crippen molar-refractivity contribution in [2.24, 2.45) is 0 Å². The first-order valence-corrected chi connectivity index (χ1v) is 7.72. The standard InChI is InChI=1S/C17H16BrNO2/c18-15-7-3-6-13(8-15)17(21)19-10-14-5-2-1-4-12(14)9-16(19)11-20/h1-8,16,20H,9-11H2. The number of amides is 1. The molecule has 3 nitrogen and oxygen atoms in total. The van der Waals surface area contributed by atoms with Crippen LogP contribution in [0.3, 0.4) is 0 Å². The van der Waals surface area contributed by atoms with Gasteiger partial charge in [0.2, 0.25) is 0 Å². The molecule has 2 aromatic carbocycles. The van der Waals surface area contributed by atoms with E-state index in [9.17, 15) is 9.90 Å². The maximum Gasteiger partial charge on any atom is 0.254 e. The molecule has 1 atom stereocenters. The number of halogens is 1. The molecule has 4 heteroatoms. The lowest BCUT2D eigenvalue weighted by Gasteiger charge is -2.36. The summed E-state index contributed by atoms with van der Waals surface area (Å²) < 4.78 is 0.881. The van der Waals surface area contributed by atoms with Gasteiger partial charge in [0.1, 0.15) is 0 Å². The van der Waals surface area contributed by atoms with Gasteiger partial charge >= 0.3 is 0 Å². The van der Waals surface area contributed by atoms with Gasteiger partial charge in [0, 0.05) is 16.6 Å². The molecule has 1 aliphatic heterocycles. The first-order chi connectivity index (χ1) is 10.2. The average Bonchev–Trinajstić information content (AvgIpc) is 2.53. The van der Waals surface area contributed by atoms with E-state index in [1.165, 1.54) is 5.56 Å². The Morgan fingerprint density at radius 3 is 2.67 bits per heavy atom. The van der Waals surface area contributed by atoms with E-state index in [0.29, 0.717) is 18.5 Å². The third kappa shape index (κ3) is 2.87. The quantitative estimate of drug-likeness (QED) is 0.908. The predicted molar refractivity (Wildman–Crippen MR) is 85.0 cm³/mol. The highest BCUT2D eigenvalue weighted by Gasteiger charge is 2.29. The van der Waals surface area contributed by atoms with Crippen LogP contribution >= 0.6 is 15.9 Å². The lowest BCUT2D eigenvalue weighted by atomic mass is 9.93. The third-order valence-corrected chi connectivity index (χ3v) is 4.39. The Bertz CT molecular complexity index is 671. The van der Waals surface area contributed by atoms with E-state index in [1.807, 2.05) is 42.5 Å². The number of rotatable bonds is 2. The fourth-order valence-corrected chi connectivity index (χ4v) is 3.17. The SMILES string of the molecule is O=C(c1cccc(Br)c1)N1Cc2ccccc2CC1CO. The largest absolute Gasteiger partial charge is 0.394 e. The first kappa shape index (κ1) is 14.3. The summed E-state index contributed by atoms with van der Waals surface area (Å²) in [5.74, 6) is -0.0372. The van der Waals surface area contributed by atoms with E-state index >= 15 is 0 Å². The van der Waals surface area contributed by atoms with Crippen LogP contribution in [-0.4, -0.2) is 28.6 Å². The molecule has 0 aliphatic carbocycles. The third-order valence-electron chi connectivity index (χ3n) is 3.90. The molecule has 0 radical (unpaired) electrons. The van der Waals surface area contributed by atoms with Crippen molar-refractivity contribution in [1.82, 2.24) is 4.90 Å². The lowest BCUT2D eigenvalue weighted by molar-refractivity contribution is 0.0544. The number of aliphatic hydroxyl groups is 1. The first-order valence-electron chi connectivity index (χ1n) is 6.93. The summed E-state index contributed by atoms with van der Waals surface area (Å²) in [5, 5.41) is 9.63. The van der Waals surface area contributed by atoms with Crippen LogP contribution in [0.1, 0.15) is 21.5 Å². The van der Waals surface area contributed by atoms with Gasteiger partial charge in [-0.05, 0) is 35.7 Å². The number of hydrogen-bond donors (Lipinski definition) is 1. The second-order valence-electron chi connectivity index (χ2n) is 5.25. The van der Waals surface area contributed by atoms with Gasteiger partial charge in [0.25, 0.3) is 5.91 Å². The summed E-state index contributed by atoms with van der Waals surface area (Å²) in [5.41, 5.74) is 3.02. The molecule has 1 N–H and O–H groups in total. The van der Waals surface area contributed by atoms with Gasteiger partial charge in [0.15, 0.2) is 0 Å². The molecule has 21 heavy (non-hydrogen) atoms. The molecule has 108 valence electrons. The molecule has 1 unspecified atom stereocenters. The second-order valence-corrected chi connectivity index (χ2v) is 6.17. The van der Waals surface area contributed by atoms with Gasteiger partial charge in [-0.3, -0.25) is 4.79 Å². The van der Waals surface area contributed by atoms with Crippen molar-refractivity contribution in [2.45, 2.75) is 19.0 Å². The fraction of sp³-hybridized carbons (Fsp3) is 0.235. The number of hydrogen-bond acceptors (Lipinski definition) is 2. The van der Waals surface area contributed by atoms with Gasteiger partial charge in [-0.2, -0.15) is 0 Å². The number of carbonyl (C=O) groups excluding carboxylic acids is 1. The molecule has 0 saturated carbocycles. The molecule has 0 aromatic heterocycles. The van der Waals surface area contributed by atoms with Crippen LogP contribution in [0.15, 0.2) is 53.0 Å². The van der Waals surface area contributed by atoms with E-state index in [0.717, 1.165) is 10.0 Å². The Morgan fingerprint density at radius 2 is 1.95 bits per heavy atom. The van der Waals surface area contributed by atoms with E-state index in [-0.39, 0.29) is 18.6 Å². The zero-order valence-corrected chi connectivity index (χ0v) is 13.1. The van der Waals surface area contributed by atoms with E-state index in [1.54, 1.807) is 4.90 Å². The molecule has 0 fully saturated rings. The minimum atomic E-state index is -0.161. The molecule has 3 rings (SSSR count). The summed E-state index contributed by atoms with van der Waals surface area (Å²) in [6, 6.07) is 15.3. The van der Waals surface area contributed by atoms with E-state index in [4.69, 9.17) is 0 Å². The number of fused-ring (bicyclic) bond motifs is 1. The van der Waals surface area contributed by atoms with Gasteiger partial charge < -0.3 is 10.0 Å².